The SMILES string of the molecule is CC1=CC(C)([Si](c2cc(Cc3ccccc3)ccc2Cc2ccccc2)(c2cc(Cc3ccccc3)ccc2Cc2ccccc2)c2cc(Cc3ccccc3)ccc2Cc2ccccc2)C(C)=C1C. The van der Waals surface area contributed by atoms with Crippen LogP contribution in [0, 0.1) is 0 Å². The maximum atomic E-state index is 2.73. The molecule has 0 aromatic heterocycles. The molecule has 9 aromatic carbocycles. The van der Waals surface area contributed by atoms with E-state index in [9.17, 15) is 0 Å². The molecule has 1 aliphatic rings. The van der Waals surface area contributed by atoms with Gasteiger partial charge in [0.05, 0.1) is 0 Å². The van der Waals surface area contributed by atoms with Crippen molar-refractivity contribution in [2.24, 2.45) is 0 Å². The molecule has 0 bridgehead atoms. The van der Waals surface area contributed by atoms with E-state index in [0.29, 0.717) is 0 Å². The van der Waals surface area contributed by atoms with Crippen LogP contribution in [0.15, 0.2) is 259 Å². The van der Waals surface area contributed by atoms with Crippen LogP contribution < -0.4 is 15.6 Å². The third-order valence-electron chi connectivity index (χ3n) is 15.4. The van der Waals surface area contributed by atoms with Crippen LogP contribution in [0.25, 0.3) is 0 Å². The van der Waals surface area contributed by atoms with Crippen molar-refractivity contribution in [2.45, 2.75) is 71.3 Å². The Morgan fingerprint density at radius 2 is 0.557 bits per heavy atom. The van der Waals surface area contributed by atoms with Crippen LogP contribution in [0.5, 0.6) is 0 Å². The molecule has 10 rings (SSSR count). The summed E-state index contributed by atoms with van der Waals surface area (Å²) in [7, 11) is -3.44. The number of benzene rings is 9. The lowest BCUT2D eigenvalue weighted by Crippen LogP contribution is -2.75. The van der Waals surface area contributed by atoms with Crippen LogP contribution >= 0.6 is 0 Å². The Labute approximate surface area is 418 Å². The van der Waals surface area contributed by atoms with Gasteiger partial charge < -0.3 is 0 Å². The van der Waals surface area contributed by atoms with Gasteiger partial charge in [0.25, 0.3) is 0 Å². The lowest BCUT2D eigenvalue weighted by atomic mass is 9.99. The summed E-state index contributed by atoms with van der Waals surface area (Å²) in [6, 6.07) is 89.9. The lowest BCUT2D eigenvalue weighted by Gasteiger charge is -2.50. The van der Waals surface area contributed by atoms with Crippen LogP contribution in [0.3, 0.4) is 0 Å². The van der Waals surface area contributed by atoms with E-state index >= 15 is 0 Å². The minimum Gasteiger partial charge on any atom is -0.0730 e. The maximum absolute atomic E-state index is 3.44. The number of rotatable bonds is 16. The molecule has 0 saturated heterocycles. The van der Waals surface area contributed by atoms with Gasteiger partial charge in [0.2, 0.25) is 0 Å². The van der Waals surface area contributed by atoms with Crippen LogP contribution in [0.2, 0.25) is 5.04 Å². The maximum Gasteiger partial charge on any atom is 0.162 e. The Bertz CT molecular complexity index is 2950. The topological polar surface area (TPSA) is 0 Å². The highest BCUT2D eigenvalue weighted by molar-refractivity contribution is 7.14. The molecule has 344 valence electrons. The second kappa shape index (κ2) is 20.7. The van der Waals surface area contributed by atoms with Gasteiger partial charge in [-0.25, -0.2) is 0 Å². The Morgan fingerprint density at radius 1 is 0.300 bits per heavy atom. The largest absolute Gasteiger partial charge is 0.162 e. The van der Waals surface area contributed by atoms with Crippen molar-refractivity contribution in [1.82, 2.24) is 0 Å². The first-order chi connectivity index (χ1) is 34.3. The molecule has 0 heterocycles. The van der Waals surface area contributed by atoms with Gasteiger partial charge in [0.15, 0.2) is 8.07 Å². The van der Waals surface area contributed by atoms with Gasteiger partial charge in [0, 0.05) is 5.04 Å². The van der Waals surface area contributed by atoms with Crippen LogP contribution in [-0.4, -0.2) is 8.07 Å². The summed E-state index contributed by atoms with van der Waals surface area (Å²) in [5.41, 5.74) is 20.6. The second-order valence-corrected chi connectivity index (χ2v) is 24.1. The quantitative estimate of drug-likeness (QED) is 0.0669. The van der Waals surface area contributed by atoms with Crippen LogP contribution in [-0.2, 0) is 38.5 Å². The van der Waals surface area contributed by atoms with Crippen LogP contribution in [0.4, 0.5) is 0 Å². The van der Waals surface area contributed by atoms with Crippen LogP contribution in [0.1, 0.15) is 94.5 Å². The zero-order valence-electron chi connectivity index (χ0n) is 41.3. The van der Waals surface area contributed by atoms with Gasteiger partial charge in [-0.3, -0.25) is 0 Å². The lowest BCUT2D eigenvalue weighted by molar-refractivity contribution is 0.867. The Balaban J connectivity index is 1.39. The average molecular weight is 921 g/mol. The van der Waals surface area contributed by atoms with Crippen molar-refractivity contribution in [1.29, 1.82) is 0 Å². The predicted molar refractivity (Wildman–Crippen MR) is 300 cm³/mol. The molecule has 0 radical (unpaired) electrons. The first kappa shape index (κ1) is 46.4. The van der Waals surface area contributed by atoms with E-state index in [1.807, 2.05) is 0 Å². The molecule has 1 unspecified atom stereocenters. The Kier molecular flexibility index (Phi) is 13.7. The van der Waals surface area contributed by atoms with E-state index in [-0.39, 0.29) is 5.04 Å². The predicted octanol–water partition coefficient (Wildman–Crippen LogP) is 14.8. The summed E-state index contributed by atoms with van der Waals surface area (Å²) in [4.78, 5) is 0. The van der Waals surface area contributed by atoms with Crippen molar-refractivity contribution in [2.75, 3.05) is 0 Å². The summed E-state index contributed by atoms with van der Waals surface area (Å²) >= 11 is 0. The van der Waals surface area contributed by atoms with E-state index in [1.165, 1.54) is 99.0 Å². The fraction of sp³-hybridized carbons (Fsp3) is 0.159. The van der Waals surface area contributed by atoms with E-state index in [1.54, 1.807) is 0 Å². The van der Waals surface area contributed by atoms with Gasteiger partial charge in [-0.1, -0.05) is 261 Å². The zero-order chi connectivity index (χ0) is 47.9. The van der Waals surface area contributed by atoms with Crippen molar-refractivity contribution in [3.8, 4) is 0 Å². The molecule has 0 nitrogen and oxygen atoms in total. The molecule has 0 aliphatic heterocycles. The summed E-state index contributed by atoms with van der Waals surface area (Å²) in [6.45, 7) is 9.88. The molecule has 1 atom stereocenters. The van der Waals surface area contributed by atoms with E-state index in [4.69, 9.17) is 0 Å². The number of allylic oxidation sites excluding steroid dienone is 4. The molecular weight excluding hydrogens is 857 g/mol. The summed E-state index contributed by atoms with van der Waals surface area (Å²) in [6.07, 6.45) is 7.83. The van der Waals surface area contributed by atoms with Gasteiger partial charge in [-0.15, -0.1) is 0 Å². The third-order valence-corrected chi connectivity index (χ3v) is 21.3. The number of hydrogen-bond acceptors (Lipinski definition) is 0. The monoisotopic (exact) mass is 920 g/mol. The summed E-state index contributed by atoms with van der Waals surface area (Å²) < 4.78 is 0. The first-order valence-electron chi connectivity index (χ1n) is 25.2. The Hall–Kier alpha value is -7.32. The fourth-order valence-electron chi connectivity index (χ4n) is 11.7. The minimum absolute atomic E-state index is 0.369. The molecule has 1 heteroatoms. The highest BCUT2D eigenvalue weighted by Crippen LogP contribution is 2.54. The molecule has 1 aliphatic carbocycles. The molecule has 0 fully saturated rings. The molecule has 0 saturated carbocycles. The summed E-state index contributed by atoms with van der Waals surface area (Å²) in [5, 5.41) is 4.18. The fourth-order valence-corrected chi connectivity index (χ4v) is 18.5. The molecular formula is C69H64Si. The van der Waals surface area contributed by atoms with Crippen molar-refractivity contribution < 1.29 is 0 Å². The Morgan fingerprint density at radius 3 is 0.800 bits per heavy atom. The van der Waals surface area contributed by atoms with Crippen molar-refractivity contribution in [3.63, 3.8) is 0 Å². The molecule has 70 heavy (non-hydrogen) atoms. The van der Waals surface area contributed by atoms with Crippen molar-refractivity contribution in [3.05, 3.63) is 326 Å². The molecule has 0 amide bonds. The normalized spacial score (nSPS) is 14.7. The third kappa shape index (κ3) is 9.65. The van der Waals surface area contributed by atoms with Gasteiger partial charge in [-0.05, 0) is 147 Å². The molecule has 0 N–H and O–H groups in total. The summed E-state index contributed by atoms with van der Waals surface area (Å²) in [5.74, 6) is 0. The standard InChI is InChI=1S/C69H64Si/c1-51-50-69(4,53(3)52(51)2)70(66-47-60(41-54-23-11-5-12-24-54)35-38-63(66)44-57-29-17-8-18-30-57,67-48-61(42-55-25-13-6-14-26-55)36-39-64(67)45-58-31-19-9-20-32-58)68-49-62(43-56-27-15-7-16-28-56)37-40-65(68)46-59-33-21-10-22-34-59/h5-40,47-50H,41-46H2,1-4H3. The zero-order valence-corrected chi connectivity index (χ0v) is 42.3. The first-order valence-corrected chi connectivity index (χ1v) is 27.2. The highest BCUT2D eigenvalue weighted by atomic mass is 28.3. The minimum atomic E-state index is -3.44. The van der Waals surface area contributed by atoms with Gasteiger partial charge in [-0.2, -0.15) is 0 Å². The second-order valence-electron chi connectivity index (χ2n) is 20.0. The van der Waals surface area contributed by atoms with E-state index < -0.39 is 8.07 Å². The molecule has 9 aromatic rings. The smallest absolute Gasteiger partial charge is 0.0730 e. The average Bonchev–Trinajstić information content (AvgIpc) is 3.60. The molecule has 0 spiro atoms. The van der Waals surface area contributed by atoms with Gasteiger partial charge >= 0.3 is 0 Å². The highest BCUT2D eigenvalue weighted by Gasteiger charge is 2.58. The van der Waals surface area contributed by atoms with E-state index in [0.717, 1.165) is 38.5 Å². The van der Waals surface area contributed by atoms with Crippen molar-refractivity contribution >= 4 is 23.6 Å². The van der Waals surface area contributed by atoms with Gasteiger partial charge in [0.1, 0.15) is 0 Å². The van der Waals surface area contributed by atoms with E-state index in [2.05, 4.69) is 270 Å². The number of hydrogen-bond donors (Lipinski definition) is 0.